The highest BCUT2D eigenvalue weighted by molar-refractivity contribution is 5.98. The van der Waals surface area contributed by atoms with E-state index in [0.717, 1.165) is 10.7 Å². The summed E-state index contributed by atoms with van der Waals surface area (Å²) in [5.74, 6) is -2.03. The maximum atomic E-state index is 12.0. The summed E-state index contributed by atoms with van der Waals surface area (Å²) in [6, 6.07) is 1.45. The van der Waals surface area contributed by atoms with Gasteiger partial charge in [-0.1, -0.05) is 0 Å². The Labute approximate surface area is 80.5 Å². The zero-order valence-electron chi connectivity index (χ0n) is 7.06. The van der Waals surface area contributed by atoms with Gasteiger partial charge in [0, 0.05) is 6.07 Å². The van der Waals surface area contributed by atoms with Crippen LogP contribution in [0.15, 0.2) is 18.5 Å². The lowest BCUT2D eigenvalue weighted by Crippen LogP contribution is -2.24. The fourth-order valence-corrected chi connectivity index (χ4v) is 0.982. The average Bonchev–Trinajstić information content (AvgIpc) is 2.61. The number of hydrogen-bond donors (Lipinski definition) is 0. The van der Waals surface area contributed by atoms with Crippen LogP contribution in [0.5, 0.6) is 0 Å². The van der Waals surface area contributed by atoms with Crippen molar-refractivity contribution < 1.29 is 18.0 Å². The lowest BCUT2D eigenvalue weighted by molar-refractivity contribution is -0.0889. The van der Waals surface area contributed by atoms with Gasteiger partial charge in [-0.05, 0) is 0 Å². The Kier molecular flexibility index (Phi) is 1.92. The molecular formula is C7H3F3N4O. The van der Waals surface area contributed by atoms with Crippen molar-refractivity contribution in [3.8, 4) is 0 Å². The minimum Gasteiger partial charge on any atom is -0.282 e. The summed E-state index contributed by atoms with van der Waals surface area (Å²) in [4.78, 5) is 10.8. The van der Waals surface area contributed by atoms with Crippen LogP contribution < -0.4 is 0 Å². The van der Waals surface area contributed by atoms with Crippen molar-refractivity contribution in [3.63, 3.8) is 0 Å². The van der Waals surface area contributed by atoms with E-state index in [1.165, 1.54) is 12.3 Å². The standard InChI is InChI=1S/C7H3F3N4O/c8-7(9,10)6(15)4-3-14-5(13-12-4)1-2-11-14/h1-3H. The monoisotopic (exact) mass is 216 g/mol. The molecule has 0 aromatic carbocycles. The van der Waals surface area contributed by atoms with E-state index >= 15 is 0 Å². The summed E-state index contributed by atoms with van der Waals surface area (Å²) in [6.45, 7) is 0. The van der Waals surface area contributed by atoms with Gasteiger partial charge in [-0.15, -0.1) is 10.2 Å². The van der Waals surface area contributed by atoms with Gasteiger partial charge in [-0.3, -0.25) is 4.79 Å². The summed E-state index contributed by atoms with van der Waals surface area (Å²) in [6.07, 6.45) is -2.72. The first kappa shape index (κ1) is 9.56. The number of alkyl halides is 3. The Morgan fingerprint density at radius 1 is 1.33 bits per heavy atom. The van der Waals surface area contributed by atoms with Crippen LogP contribution >= 0.6 is 0 Å². The molecular weight excluding hydrogens is 213 g/mol. The van der Waals surface area contributed by atoms with Gasteiger partial charge in [0.2, 0.25) is 0 Å². The van der Waals surface area contributed by atoms with Crippen LogP contribution in [0.3, 0.4) is 0 Å². The first-order valence-corrected chi connectivity index (χ1v) is 3.77. The van der Waals surface area contributed by atoms with E-state index in [9.17, 15) is 18.0 Å². The summed E-state index contributed by atoms with van der Waals surface area (Å²) in [5.41, 5.74) is -0.507. The number of nitrogens with zero attached hydrogens (tertiary/aromatic N) is 4. The van der Waals surface area contributed by atoms with Crippen molar-refractivity contribution in [1.29, 1.82) is 0 Å². The maximum absolute atomic E-state index is 12.0. The molecule has 0 unspecified atom stereocenters. The largest absolute Gasteiger partial charge is 0.456 e. The molecule has 0 saturated heterocycles. The summed E-state index contributed by atoms with van der Waals surface area (Å²) in [5, 5.41) is 10.2. The van der Waals surface area contributed by atoms with Crippen molar-refractivity contribution in [3.05, 3.63) is 24.2 Å². The van der Waals surface area contributed by atoms with Gasteiger partial charge in [-0.25, -0.2) is 4.52 Å². The molecule has 2 rings (SSSR count). The van der Waals surface area contributed by atoms with E-state index in [2.05, 4.69) is 15.3 Å². The number of hydrogen-bond acceptors (Lipinski definition) is 4. The van der Waals surface area contributed by atoms with Crippen LogP contribution in [0.25, 0.3) is 5.65 Å². The van der Waals surface area contributed by atoms with E-state index in [1.807, 2.05) is 0 Å². The van der Waals surface area contributed by atoms with Crippen molar-refractivity contribution in [1.82, 2.24) is 19.8 Å². The lowest BCUT2D eigenvalue weighted by atomic mass is 10.3. The van der Waals surface area contributed by atoms with Gasteiger partial charge in [0.25, 0.3) is 5.78 Å². The van der Waals surface area contributed by atoms with Crippen LogP contribution in [0.2, 0.25) is 0 Å². The number of fused-ring (bicyclic) bond motifs is 1. The molecule has 0 spiro atoms. The average molecular weight is 216 g/mol. The van der Waals surface area contributed by atoms with Gasteiger partial charge < -0.3 is 0 Å². The third-order valence-corrected chi connectivity index (χ3v) is 1.64. The molecule has 78 valence electrons. The van der Waals surface area contributed by atoms with Crippen LogP contribution in [0, 0.1) is 0 Å². The number of Topliss-reactive ketones (excluding diaryl/α,β-unsaturated/α-hetero) is 1. The fraction of sp³-hybridized carbons (Fsp3) is 0.143. The van der Waals surface area contributed by atoms with Crippen molar-refractivity contribution >= 4 is 11.4 Å². The second kappa shape index (κ2) is 3.01. The number of ketones is 1. The first-order chi connectivity index (χ1) is 6.98. The highest BCUT2D eigenvalue weighted by atomic mass is 19.4. The fourth-order valence-electron chi connectivity index (χ4n) is 0.982. The number of halogens is 3. The minimum atomic E-state index is -4.95. The quantitative estimate of drug-likeness (QED) is 0.663. The Bertz CT molecular complexity index is 518. The molecule has 0 radical (unpaired) electrons. The molecule has 0 N–H and O–H groups in total. The van der Waals surface area contributed by atoms with E-state index in [4.69, 9.17) is 0 Å². The predicted octanol–water partition coefficient (Wildman–Crippen LogP) is 0.869. The van der Waals surface area contributed by atoms with Crippen molar-refractivity contribution in [2.45, 2.75) is 6.18 Å². The molecule has 2 heterocycles. The molecule has 0 atom stereocenters. The van der Waals surface area contributed by atoms with Gasteiger partial charge in [0.15, 0.2) is 11.3 Å². The highest BCUT2D eigenvalue weighted by Gasteiger charge is 2.40. The zero-order valence-corrected chi connectivity index (χ0v) is 7.06. The topological polar surface area (TPSA) is 60.2 Å². The molecule has 8 heteroatoms. The van der Waals surface area contributed by atoms with E-state index in [-0.39, 0.29) is 5.65 Å². The summed E-state index contributed by atoms with van der Waals surface area (Å²) >= 11 is 0. The van der Waals surface area contributed by atoms with Crippen LogP contribution in [0.4, 0.5) is 13.2 Å². The van der Waals surface area contributed by atoms with E-state index < -0.39 is 17.7 Å². The zero-order chi connectivity index (χ0) is 11.1. The molecule has 0 amide bonds. The highest BCUT2D eigenvalue weighted by Crippen LogP contribution is 2.19. The predicted molar refractivity (Wildman–Crippen MR) is 41.2 cm³/mol. The van der Waals surface area contributed by atoms with Crippen LogP contribution in [-0.2, 0) is 0 Å². The molecule has 0 aliphatic rings. The second-order valence-corrected chi connectivity index (χ2v) is 2.68. The lowest BCUT2D eigenvalue weighted by Gasteiger charge is -2.03. The molecule has 5 nitrogen and oxygen atoms in total. The Hall–Kier alpha value is -1.99. The van der Waals surface area contributed by atoms with E-state index in [1.54, 1.807) is 0 Å². The Morgan fingerprint density at radius 2 is 2.07 bits per heavy atom. The number of aromatic nitrogens is 4. The third-order valence-electron chi connectivity index (χ3n) is 1.64. The van der Waals surface area contributed by atoms with Gasteiger partial charge in [0.05, 0.1) is 12.4 Å². The smallest absolute Gasteiger partial charge is 0.282 e. The molecule has 0 saturated carbocycles. The third kappa shape index (κ3) is 1.65. The molecule has 0 aliphatic heterocycles. The van der Waals surface area contributed by atoms with Crippen LogP contribution in [-0.4, -0.2) is 31.8 Å². The molecule has 0 aliphatic carbocycles. The summed E-state index contributed by atoms with van der Waals surface area (Å²) < 4.78 is 37.1. The van der Waals surface area contributed by atoms with E-state index in [0.29, 0.717) is 0 Å². The Morgan fingerprint density at radius 3 is 2.73 bits per heavy atom. The van der Waals surface area contributed by atoms with Gasteiger partial charge in [0.1, 0.15) is 0 Å². The van der Waals surface area contributed by atoms with Crippen molar-refractivity contribution in [2.24, 2.45) is 0 Å². The van der Waals surface area contributed by atoms with Crippen molar-refractivity contribution in [2.75, 3.05) is 0 Å². The van der Waals surface area contributed by atoms with Gasteiger partial charge in [-0.2, -0.15) is 18.3 Å². The van der Waals surface area contributed by atoms with Crippen LogP contribution in [0.1, 0.15) is 10.5 Å². The second-order valence-electron chi connectivity index (χ2n) is 2.68. The Balaban J connectivity index is 2.49. The molecule has 2 aromatic heterocycles. The molecule has 15 heavy (non-hydrogen) atoms. The number of carbonyl (C=O) groups is 1. The molecule has 0 fully saturated rings. The SMILES string of the molecule is O=C(c1cn2nccc2nn1)C(F)(F)F. The molecule has 2 aromatic rings. The molecule has 0 bridgehead atoms. The maximum Gasteiger partial charge on any atom is 0.456 e. The first-order valence-electron chi connectivity index (χ1n) is 3.77. The summed E-state index contributed by atoms with van der Waals surface area (Å²) in [7, 11) is 0. The minimum absolute atomic E-state index is 0.272. The number of carbonyl (C=O) groups excluding carboxylic acids is 1. The van der Waals surface area contributed by atoms with Gasteiger partial charge >= 0.3 is 6.18 Å². The number of rotatable bonds is 1. The normalized spacial score (nSPS) is 11.9.